The van der Waals surface area contributed by atoms with E-state index < -0.39 is 5.92 Å². The lowest BCUT2D eigenvalue weighted by atomic mass is 9.80. The summed E-state index contributed by atoms with van der Waals surface area (Å²) in [6.07, 6.45) is 0. The third-order valence-electron chi connectivity index (χ3n) is 7.12. The van der Waals surface area contributed by atoms with E-state index >= 15 is 0 Å². The Kier molecular flexibility index (Phi) is 7.01. The Bertz CT molecular complexity index is 1220. The Balaban J connectivity index is 1.46. The minimum absolute atomic E-state index is 0.0164. The summed E-state index contributed by atoms with van der Waals surface area (Å²) in [6.45, 7) is 7.58. The van der Waals surface area contributed by atoms with Crippen molar-refractivity contribution in [1.29, 1.82) is 0 Å². The molecule has 0 radical (unpaired) electrons. The number of piperazine rings is 1. The van der Waals surface area contributed by atoms with Crippen LogP contribution in [0.5, 0.6) is 5.75 Å². The van der Waals surface area contributed by atoms with E-state index in [2.05, 4.69) is 30.9 Å². The Morgan fingerprint density at radius 2 is 1.72 bits per heavy atom. The second-order valence-electron chi connectivity index (χ2n) is 9.86. The van der Waals surface area contributed by atoms with Crippen molar-refractivity contribution in [2.24, 2.45) is 5.92 Å². The fourth-order valence-electron chi connectivity index (χ4n) is 5.48. The van der Waals surface area contributed by atoms with Gasteiger partial charge in [0.2, 0.25) is 5.91 Å². The first-order valence-electron chi connectivity index (χ1n) is 12.6. The van der Waals surface area contributed by atoms with Gasteiger partial charge in [0.05, 0.1) is 24.8 Å². The van der Waals surface area contributed by atoms with Crippen LogP contribution in [-0.4, -0.2) is 61.4 Å². The molecule has 0 aliphatic carbocycles. The van der Waals surface area contributed by atoms with Crippen LogP contribution in [0.3, 0.4) is 0 Å². The number of thiophene rings is 1. The molecule has 7 heteroatoms. The maximum absolute atomic E-state index is 14.3. The lowest BCUT2D eigenvalue weighted by Gasteiger charge is -2.45. The van der Waals surface area contributed by atoms with Crippen LogP contribution < -0.4 is 9.64 Å². The van der Waals surface area contributed by atoms with Crippen molar-refractivity contribution in [3.8, 4) is 5.75 Å². The van der Waals surface area contributed by atoms with E-state index in [0.717, 1.165) is 35.0 Å². The number of hydrogen-bond acceptors (Lipinski definition) is 5. The number of carbonyl (C=O) groups excluding carboxylic acids is 2. The van der Waals surface area contributed by atoms with Crippen LogP contribution in [0, 0.1) is 5.92 Å². The van der Waals surface area contributed by atoms with Crippen molar-refractivity contribution in [2.75, 3.05) is 44.7 Å². The lowest BCUT2D eigenvalue weighted by molar-refractivity contribution is -0.135. The van der Waals surface area contributed by atoms with E-state index in [9.17, 15) is 9.59 Å². The highest BCUT2D eigenvalue weighted by atomic mass is 32.1. The summed E-state index contributed by atoms with van der Waals surface area (Å²) in [6, 6.07) is 19.5. The molecule has 0 spiro atoms. The van der Waals surface area contributed by atoms with Crippen molar-refractivity contribution in [1.82, 2.24) is 9.80 Å². The molecular formula is C29H33N3O3S. The summed E-state index contributed by atoms with van der Waals surface area (Å²) in [7, 11) is 1.69. The normalized spacial score (nSPS) is 20.0. The van der Waals surface area contributed by atoms with Crippen molar-refractivity contribution in [3.63, 3.8) is 0 Å². The molecule has 2 aliphatic rings. The number of methoxy groups -OCH3 is 1. The molecule has 0 unspecified atom stereocenters. The van der Waals surface area contributed by atoms with Gasteiger partial charge in [-0.1, -0.05) is 50.2 Å². The zero-order chi connectivity index (χ0) is 25.2. The molecule has 3 heterocycles. The first-order valence-corrected chi connectivity index (χ1v) is 13.5. The fraction of sp³-hybridized carbons (Fsp3) is 0.379. The first-order chi connectivity index (χ1) is 17.5. The fourth-order valence-corrected chi connectivity index (χ4v) is 6.36. The van der Waals surface area contributed by atoms with Gasteiger partial charge in [0.25, 0.3) is 5.91 Å². The van der Waals surface area contributed by atoms with E-state index in [1.807, 2.05) is 63.7 Å². The largest absolute Gasteiger partial charge is 0.495 e. The van der Waals surface area contributed by atoms with E-state index in [1.54, 1.807) is 18.4 Å². The van der Waals surface area contributed by atoms with Gasteiger partial charge in [-0.25, -0.2) is 0 Å². The molecule has 188 valence electrons. The molecule has 1 saturated heterocycles. The molecule has 2 aliphatic heterocycles. The molecule has 2 aromatic carbocycles. The third-order valence-corrected chi connectivity index (χ3v) is 8.06. The van der Waals surface area contributed by atoms with Gasteiger partial charge in [0.15, 0.2) is 0 Å². The Hall–Kier alpha value is -3.32. The number of carbonyl (C=O) groups is 2. The van der Waals surface area contributed by atoms with Gasteiger partial charge < -0.3 is 19.4 Å². The van der Waals surface area contributed by atoms with E-state index in [-0.39, 0.29) is 17.9 Å². The standard InChI is InChI=1S/C29H33N3O3S/c1-20(2)19-32-27(25-13-8-18-36-25)26(21-9-4-5-10-22(21)28(32)33)29(34)31-16-14-30(15-17-31)23-11-6-7-12-24(23)35-3/h4-13,18,20,26-27H,14-17,19H2,1-3H3/t26-,27+/m0/s1. The van der Waals surface area contributed by atoms with Gasteiger partial charge in [-0.15, -0.1) is 11.3 Å². The summed E-state index contributed by atoms with van der Waals surface area (Å²) in [5, 5.41) is 2.03. The minimum atomic E-state index is -0.422. The molecule has 36 heavy (non-hydrogen) atoms. The number of para-hydroxylation sites is 2. The van der Waals surface area contributed by atoms with Crippen LogP contribution in [0.15, 0.2) is 66.0 Å². The average molecular weight is 504 g/mol. The average Bonchev–Trinajstić information content (AvgIpc) is 3.44. The molecule has 6 nitrogen and oxygen atoms in total. The molecule has 2 amide bonds. The second kappa shape index (κ2) is 10.3. The van der Waals surface area contributed by atoms with Crippen molar-refractivity contribution in [3.05, 3.63) is 82.0 Å². The van der Waals surface area contributed by atoms with Crippen LogP contribution in [-0.2, 0) is 4.79 Å². The van der Waals surface area contributed by atoms with E-state index in [1.165, 1.54) is 0 Å². The Morgan fingerprint density at radius 1 is 1.00 bits per heavy atom. The van der Waals surface area contributed by atoms with Gasteiger partial charge in [-0.3, -0.25) is 9.59 Å². The second-order valence-corrected chi connectivity index (χ2v) is 10.8. The van der Waals surface area contributed by atoms with Gasteiger partial charge in [-0.05, 0) is 41.1 Å². The third kappa shape index (κ3) is 4.48. The van der Waals surface area contributed by atoms with Crippen LogP contribution in [0.2, 0.25) is 0 Å². The molecule has 2 atom stereocenters. The molecule has 1 aromatic heterocycles. The minimum Gasteiger partial charge on any atom is -0.495 e. The van der Waals surface area contributed by atoms with E-state index in [4.69, 9.17) is 4.74 Å². The predicted octanol–water partition coefficient (Wildman–Crippen LogP) is 5.04. The summed E-state index contributed by atoms with van der Waals surface area (Å²) >= 11 is 1.62. The number of nitrogens with zero attached hydrogens (tertiary/aromatic N) is 3. The molecule has 1 fully saturated rings. The number of ether oxygens (including phenoxy) is 1. The zero-order valence-corrected chi connectivity index (χ0v) is 21.9. The van der Waals surface area contributed by atoms with Crippen molar-refractivity contribution < 1.29 is 14.3 Å². The van der Waals surface area contributed by atoms with Gasteiger partial charge in [0.1, 0.15) is 5.75 Å². The number of hydrogen-bond donors (Lipinski definition) is 0. The van der Waals surface area contributed by atoms with Crippen LogP contribution >= 0.6 is 11.3 Å². The van der Waals surface area contributed by atoms with E-state index in [0.29, 0.717) is 31.1 Å². The predicted molar refractivity (Wildman–Crippen MR) is 144 cm³/mol. The summed E-state index contributed by atoms with van der Waals surface area (Å²) in [5.74, 6) is 0.833. The van der Waals surface area contributed by atoms with Crippen molar-refractivity contribution in [2.45, 2.75) is 25.8 Å². The Labute approximate surface area is 217 Å². The SMILES string of the molecule is COc1ccccc1N1CCN(C(=O)[C@H]2c3ccccc3C(=O)N(CC(C)C)[C@@H]2c2cccs2)CC1. The zero-order valence-electron chi connectivity index (χ0n) is 21.1. The quantitative estimate of drug-likeness (QED) is 0.473. The molecule has 5 rings (SSSR count). The highest BCUT2D eigenvalue weighted by Gasteiger charge is 2.46. The summed E-state index contributed by atoms with van der Waals surface area (Å²) < 4.78 is 5.56. The molecule has 0 saturated carbocycles. The van der Waals surface area contributed by atoms with Gasteiger partial charge in [0, 0.05) is 43.2 Å². The number of amides is 2. The smallest absolute Gasteiger partial charge is 0.254 e. The monoisotopic (exact) mass is 503 g/mol. The number of fused-ring (bicyclic) bond motifs is 1. The van der Waals surface area contributed by atoms with Crippen LogP contribution in [0.4, 0.5) is 5.69 Å². The highest BCUT2D eigenvalue weighted by Crippen LogP contribution is 2.45. The van der Waals surface area contributed by atoms with Crippen molar-refractivity contribution >= 4 is 28.8 Å². The summed E-state index contributed by atoms with van der Waals surface area (Å²) in [4.78, 5) is 35.2. The lowest BCUT2D eigenvalue weighted by Crippen LogP contribution is -2.53. The first kappa shape index (κ1) is 24.4. The number of rotatable bonds is 6. The molecule has 3 aromatic rings. The number of anilines is 1. The highest BCUT2D eigenvalue weighted by molar-refractivity contribution is 7.10. The topological polar surface area (TPSA) is 53.1 Å². The maximum Gasteiger partial charge on any atom is 0.254 e. The van der Waals surface area contributed by atoms with Crippen LogP contribution in [0.25, 0.3) is 0 Å². The maximum atomic E-state index is 14.3. The van der Waals surface area contributed by atoms with Crippen LogP contribution in [0.1, 0.15) is 46.6 Å². The molecule has 0 bridgehead atoms. The van der Waals surface area contributed by atoms with Gasteiger partial charge >= 0.3 is 0 Å². The number of benzene rings is 2. The summed E-state index contributed by atoms with van der Waals surface area (Å²) in [5.41, 5.74) is 2.55. The van der Waals surface area contributed by atoms with Gasteiger partial charge in [-0.2, -0.15) is 0 Å². The molecule has 0 N–H and O–H groups in total. The molecular weight excluding hydrogens is 470 g/mol. The Morgan fingerprint density at radius 3 is 2.42 bits per heavy atom.